The third-order valence-electron chi connectivity index (χ3n) is 5.06. The summed E-state index contributed by atoms with van der Waals surface area (Å²) in [6.07, 6.45) is 2.44. The van der Waals surface area contributed by atoms with E-state index in [0.717, 1.165) is 19.6 Å². The first-order valence-electron chi connectivity index (χ1n) is 8.96. The van der Waals surface area contributed by atoms with Crippen molar-refractivity contribution >= 4 is 11.8 Å². The molecule has 2 heterocycles. The predicted molar refractivity (Wildman–Crippen MR) is 93.6 cm³/mol. The number of benzene rings is 1. The number of nitrogens with one attached hydrogen (secondary N) is 1. The van der Waals surface area contributed by atoms with Crippen molar-refractivity contribution < 1.29 is 19.1 Å². The third-order valence-corrected chi connectivity index (χ3v) is 5.06. The Morgan fingerprint density at radius 3 is 2.76 bits per heavy atom. The van der Waals surface area contributed by atoms with Gasteiger partial charge in [-0.05, 0) is 37.5 Å². The Morgan fingerprint density at radius 1 is 1.28 bits per heavy atom. The first-order valence-corrected chi connectivity index (χ1v) is 8.96. The van der Waals surface area contributed by atoms with Gasteiger partial charge in [0, 0.05) is 43.6 Å². The lowest BCUT2D eigenvalue weighted by Crippen LogP contribution is -2.43. The molecule has 0 bridgehead atoms. The number of amides is 2. The lowest BCUT2D eigenvalue weighted by Gasteiger charge is -2.31. The topological polar surface area (TPSA) is 67.9 Å². The number of rotatable bonds is 5. The maximum Gasteiger partial charge on any atom is 0.253 e. The van der Waals surface area contributed by atoms with Gasteiger partial charge < -0.3 is 19.7 Å². The molecule has 2 aliphatic heterocycles. The van der Waals surface area contributed by atoms with Crippen molar-refractivity contribution in [3.63, 3.8) is 0 Å². The second-order valence-corrected chi connectivity index (χ2v) is 6.77. The van der Waals surface area contributed by atoms with Crippen molar-refractivity contribution in [2.75, 3.05) is 40.0 Å². The quantitative estimate of drug-likeness (QED) is 0.881. The van der Waals surface area contributed by atoms with E-state index in [1.54, 1.807) is 19.2 Å². The maximum absolute atomic E-state index is 12.6. The van der Waals surface area contributed by atoms with Crippen LogP contribution in [0, 0.1) is 11.8 Å². The average molecular weight is 346 g/mol. The third kappa shape index (κ3) is 4.51. The van der Waals surface area contributed by atoms with Gasteiger partial charge in [-0.3, -0.25) is 9.59 Å². The molecule has 136 valence electrons. The highest BCUT2D eigenvalue weighted by atomic mass is 16.5. The molecule has 0 aliphatic carbocycles. The molecule has 3 rings (SSSR count). The second-order valence-electron chi connectivity index (χ2n) is 6.77. The first kappa shape index (κ1) is 17.7. The van der Waals surface area contributed by atoms with Crippen LogP contribution in [0.4, 0.5) is 0 Å². The fraction of sp³-hybridized carbons (Fsp3) is 0.579. The molecule has 25 heavy (non-hydrogen) atoms. The summed E-state index contributed by atoms with van der Waals surface area (Å²) in [5.41, 5.74) is 0.628. The number of hydrogen-bond donors (Lipinski definition) is 1. The largest absolute Gasteiger partial charge is 0.497 e. The van der Waals surface area contributed by atoms with Crippen molar-refractivity contribution in [2.24, 2.45) is 11.8 Å². The Bertz CT molecular complexity index is 605. The monoisotopic (exact) mass is 346 g/mol. The van der Waals surface area contributed by atoms with Crippen LogP contribution in [-0.2, 0) is 9.53 Å². The van der Waals surface area contributed by atoms with E-state index in [1.165, 1.54) is 0 Å². The molecule has 1 atom stereocenters. The predicted octanol–water partition coefficient (Wildman–Crippen LogP) is 1.70. The second kappa shape index (κ2) is 8.34. The summed E-state index contributed by atoms with van der Waals surface area (Å²) < 4.78 is 10.5. The zero-order valence-electron chi connectivity index (χ0n) is 14.7. The van der Waals surface area contributed by atoms with Crippen molar-refractivity contribution in [3.05, 3.63) is 29.8 Å². The Hall–Kier alpha value is -2.08. The number of hydrogen-bond acceptors (Lipinski definition) is 4. The smallest absolute Gasteiger partial charge is 0.253 e. The minimum absolute atomic E-state index is 0.000799. The molecule has 0 saturated carbocycles. The molecular formula is C19H26N2O4. The van der Waals surface area contributed by atoms with Crippen molar-refractivity contribution in [2.45, 2.75) is 19.3 Å². The maximum atomic E-state index is 12.6. The number of carbonyl (C=O) groups is 2. The molecule has 2 aliphatic rings. The Kier molecular flexibility index (Phi) is 5.91. The molecule has 2 fully saturated rings. The van der Waals surface area contributed by atoms with Gasteiger partial charge in [-0.2, -0.15) is 0 Å². The molecule has 2 amide bonds. The summed E-state index contributed by atoms with van der Waals surface area (Å²) in [6, 6.07) is 7.19. The van der Waals surface area contributed by atoms with Gasteiger partial charge in [0.2, 0.25) is 5.91 Å². The van der Waals surface area contributed by atoms with E-state index in [-0.39, 0.29) is 17.7 Å². The van der Waals surface area contributed by atoms with Gasteiger partial charge in [0.1, 0.15) is 5.75 Å². The van der Waals surface area contributed by atoms with Crippen molar-refractivity contribution in [3.8, 4) is 5.75 Å². The van der Waals surface area contributed by atoms with Gasteiger partial charge in [0.25, 0.3) is 5.91 Å². The zero-order chi connectivity index (χ0) is 17.6. The van der Waals surface area contributed by atoms with Crippen LogP contribution in [0.3, 0.4) is 0 Å². The summed E-state index contributed by atoms with van der Waals surface area (Å²) in [5, 5.41) is 3.05. The van der Waals surface area contributed by atoms with Crippen molar-refractivity contribution in [1.82, 2.24) is 10.2 Å². The highest BCUT2D eigenvalue weighted by molar-refractivity contribution is 5.94. The lowest BCUT2D eigenvalue weighted by atomic mass is 9.95. The SMILES string of the molecule is COc1cccc(C(=O)N2CCC(C(=O)NCC3CCOC3)CC2)c1. The van der Waals surface area contributed by atoms with E-state index in [4.69, 9.17) is 9.47 Å². The van der Waals surface area contributed by atoms with Gasteiger partial charge in [0.15, 0.2) is 0 Å². The fourth-order valence-electron chi connectivity index (χ4n) is 3.42. The molecule has 0 aromatic heterocycles. The highest BCUT2D eigenvalue weighted by Gasteiger charge is 2.28. The molecule has 6 heteroatoms. The number of methoxy groups -OCH3 is 1. The Balaban J connectivity index is 1.47. The van der Waals surface area contributed by atoms with Crippen molar-refractivity contribution in [1.29, 1.82) is 0 Å². The Labute approximate surface area is 148 Å². The highest BCUT2D eigenvalue weighted by Crippen LogP contribution is 2.21. The first-order chi connectivity index (χ1) is 12.2. The van der Waals surface area contributed by atoms with Crippen LogP contribution in [0.2, 0.25) is 0 Å². The van der Waals surface area contributed by atoms with Crippen LogP contribution >= 0.6 is 0 Å². The van der Waals surface area contributed by atoms with Crippen LogP contribution in [0.5, 0.6) is 5.75 Å². The molecular weight excluding hydrogens is 320 g/mol. The zero-order valence-corrected chi connectivity index (χ0v) is 14.7. The number of piperidine rings is 1. The van der Waals surface area contributed by atoms with Gasteiger partial charge in [-0.1, -0.05) is 6.07 Å². The van der Waals surface area contributed by atoms with E-state index in [0.29, 0.717) is 49.7 Å². The summed E-state index contributed by atoms with van der Waals surface area (Å²) >= 11 is 0. The molecule has 0 spiro atoms. The molecule has 2 saturated heterocycles. The summed E-state index contributed by atoms with van der Waals surface area (Å²) in [7, 11) is 1.59. The summed E-state index contributed by atoms with van der Waals surface area (Å²) in [4.78, 5) is 26.7. The van der Waals surface area contributed by atoms with Crippen LogP contribution in [0.15, 0.2) is 24.3 Å². The molecule has 1 aromatic rings. The van der Waals surface area contributed by atoms with E-state index >= 15 is 0 Å². The molecule has 1 N–H and O–H groups in total. The molecule has 1 unspecified atom stereocenters. The minimum Gasteiger partial charge on any atom is -0.497 e. The van der Waals surface area contributed by atoms with Crippen LogP contribution < -0.4 is 10.1 Å². The van der Waals surface area contributed by atoms with Crippen LogP contribution in [0.1, 0.15) is 29.6 Å². The fourth-order valence-corrected chi connectivity index (χ4v) is 3.42. The number of carbonyl (C=O) groups excluding carboxylic acids is 2. The van der Waals surface area contributed by atoms with E-state index in [1.807, 2.05) is 17.0 Å². The van der Waals surface area contributed by atoms with Crippen LogP contribution in [-0.4, -0.2) is 56.7 Å². The summed E-state index contributed by atoms with van der Waals surface area (Å²) in [5.74, 6) is 1.23. The van der Waals surface area contributed by atoms with E-state index in [2.05, 4.69) is 5.32 Å². The van der Waals surface area contributed by atoms with Crippen LogP contribution in [0.25, 0.3) is 0 Å². The van der Waals surface area contributed by atoms with Gasteiger partial charge in [-0.15, -0.1) is 0 Å². The molecule has 1 aromatic carbocycles. The normalized spacial score (nSPS) is 21.2. The number of nitrogens with zero attached hydrogens (tertiary/aromatic N) is 1. The Morgan fingerprint density at radius 2 is 2.08 bits per heavy atom. The minimum atomic E-state index is -0.00307. The lowest BCUT2D eigenvalue weighted by molar-refractivity contribution is -0.126. The van der Waals surface area contributed by atoms with E-state index < -0.39 is 0 Å². The number of likely N-dealkylation sites (tertiary alicyclic amines) is 1. The molecule has 0 radical (unpaired) electrons. The van der Waals surface area contributed by atoms with E-state index in [9.17, 15) is 9.59 Å². The standard InChI is InChI=1S/C19H26N2O4/c1-24-17-4-2-3-16(11-17)19(23)21-8-5-15(6-9-21)18(22)20-12-14-7-10-25-13-14/h2-4,11,14-15H,5-10,12-13H2,1H3,(H,20,22). The number of ether oxygens (including phenoxy) is 2. The average Bonchev–Trinajstić information content (AvgIpc) is 3.19. The van der Waals surface area contributed by atoms with Gasteiger partial charge >= 0.3 is 0 Å². The van der Waals surface area contributed by atoms with Gasteiger partial charge in [0.05, 0.1) is 13.7 Å². The molecule has 6 nitrogen and oxygen atoms in total. The van der Waals surface area contributed by atoms with Gasteiger partial charge in [-0.25, -0.2) is 0 Å². The summed E-state index contributed by atoms with van der Waals surface area (Å²) in [6.45, 7) is 3.46.